The molecule has 1 heterocycles. The van der Waals surface area contributed by atoms with E-state index in [1.807, 2.05) is 17.5 Å². The zero-order chi connectivity index (χ0) is 18.2. The molecule has 0 fully saturated rings. The van der Waals surface area contributed by atoms with Gasteiger partial charge in [-0.3, -0.25) is 4.79 Å². The molecule has 0 saturated heterocycles. The van der Waals surface area contributed by atoms with Crippen molar-refractivity contribution in [2.24, 2.45) is 0 Å². The van der Waals surface area contributed by atoms with Gasteiger partial charge in [0.1, 0.15) is 24.0 Å². The number of hydrogen-bond acceptors (Lipinski definition) is 5. The molecule has 0 bridgehead atoms. The van der Waals surface area contributed by atoms with Gasteiger partial charge in [-0.2, -0.15) is 0 Å². The maximum absolute atomic E-state index is 12.1. The van der Waals surface area contributed by atoms with Crippen LogP contribution in [0, 0.1) is 13.8 Å². The number of aryl methyl sites for hydroxylation is 2. The summed E-state index contributed by atoms with van der Waals surface area (Å²) in [5, 5.41) is 2.90. The molecule has 2 rings (SSSR count). The first kappa shape index (κ1) is 19.4. The fraction of sp³-hybridized carbons (Fsp3) is 0.474. The van der Waals surface area contributed by atoms with Crippen molar-refractivity contribution in [1.82, 2.24) is 9.88 Å². The Morgan fingerprint density at radius 1 is 1.24 bits per heavy atom. The Morgan fingerprint density at radius 2 is 1.96 bits per heavy atom. The molecule has 0 aliphatic carbocycles. The second kappa shape index (κ2) is 9.53. The van der Waals surface area contributed by atoms with E-state index in [1.165, 1.54) is 18.2 Å². The maximum atomic E-state index is 12.1. The Kier molecular flexibility index (Phi) is 7.40. The second-order valence-electron chi connectivity index (χ2n) is 6.09. The van der Waals surface area contributed by atoms with Gasteiger partial charge in [0.15, 0.2) is 0 Å². The molecule has 6 heteroatoms. The van der Waals surface area contributed by atoms with Crippen LogP contribution in [0.1, 0.15) is 35.2 Å². The van der Waals surface area contributed by atoms with Crippen LogP contribution < -0.4 is 4.74 Å². The number of aromatic nitrogens is 1. The first-order valence-corrected chi connectivity index (χ1v) is 9.31. The summed E-state index contributed by atoms with van der Waals surface area (Å²) in [6, 6.07) is 6.16. The van der Waals surface area contributed by atoms with E-state index >= 15 is 0 Å². The molecule has 0 radical (unpaired) electrons. The zero-order valence-corrected chi connectivity index (χ0v) is 16.2. The summed E-state index contributed by atoms with van der Waals surface area (Å²) in [5.41, 5.74) is 3.25. The van der Waals surface area contributed by atoms with Gasteiger partial charge in [-0.15, -0.1) is 11.3 Å². The molecule has 1 aromatic carbocycles. The van der Waals surface area contributed by atoms with Crippen LogP contribution >= 0.6 is 11.3 Å². The molecule has 5 nitrogen and oxygen atoms in total. The smallest absolute Gasteiger partial charge is 0.248 e. The summed E-state index contributed by atoms with van der Waals surface area (Å²) >= 11 is 1.56. The third-order valence-corrected chi connectivity index (χ3v) is 4.49. The largest absolute Gasteiger partial charge is 0.486 e. The lowest BCUT2D eigenvalue weighted by Crippen LogP contribution is -2.34. The summed E-state index contributed by atoms with van der Waals surface area (Å²) in [7, 11) is 1.54. The van der Waals surface area contributed by atoms with E-state index in [2.05, 4.69) is 31.8 Å². The molecular formula is C19H26N2O3S. The number of amides is 1. The van der Waals surface area contributed by atoms with Crippen LogP contribution in [-0.2, 0) is 22.7 Å². The number of benzene rings is 1. The molecule has 25 heavy (non-hydrogen) atoms. The minimum atomic E-state index is -0.00890. The number of carbonyl (C=O) groups excluding carboxylic acids is 1. The van der Waals surface area contributed by atoms with Crippen LogP contribution in [0.4, 0.5) is 0 Å². The molecule has 1 amide bonds. The summed E-state index contributed by atoms with van der Waals surface area (Å²) in [6.07, 6.45) is 0.905. The highest BCUT2D eigenvalue weighted by Crippen LogP contribution is 2.19. The number of hydrogen-bond donors (Lipinski definition) is 0. The van der Waals surface area contributed by atoms with Gasteiger partial charge in [-0.25, -0.2) is 4.98 Å². The lowest BCUT2D eigenvalue weighted by Gasteiger charge is -2.20. The predicted molar refractivity (Wildman–Crippen MR) is 99.9 cm³/mol. The maximum Gasteiger partial charge on any atom is 0.248 e. The van der Waals surface area contributed by atoms with Gasteiger partial charge in [-0.1, -0.05) is 13.0 Å². The van der Waals surface area contributed by atoms with Crippen LogP contribution in [0.3, 0.4) is 0 Å². The third kappa shape index (κ3) is 6.14. The van der Waals surface area contributed by atoms with Crippen LogP contribution in [0.25, 0.3) is 0 Å². The van der Waals surface area contributed by atoms with Crippen molar-refractivity contribution in [1.29, 1.82) is 0 Å². The van der Waals surface area contributed by atoms with Crippen molar-refractivity contribution in [3.05, 3.63) is 45.4 Å². The number of methoxy groups -OCH3 is 1. The third-order valence-electron chi connectivity index (χ3n) is 3.62. The molecular weight excluding hydrogens is 336 g/mol. The fourth-order valence-corrected chi connectivity index (χ4v) is 3.32. The van der Waals surface area contributed by atoms with Crippen molar-refractivity contribution in [2.45, 2.75) is 40.3 Å². The van der Waals surface area contributed by atoms with Gasteiger partial charge < -0.3 is 14.4 Å². The first-order valence-electron chi connectivity index (χ1n) is 8.43. The minimum absolute atomic E-state index is 0.00890. The standard InChI is InChI=1S/C19H26N2O3S/c1-5-6-21(19(22)12-23-4)10-16-13-25-18(20-16)11-24-17-8-14(2)7-15(3)9-17/h7-9,13H,5-6,10-12H2,1-4H3. The Bertz CT molecular complexity index is 679. The number of thiazole rings is 1. The van der Waals surface area contributed by atoms with Gasteiger partial charge in [0, 0.05) is 19.0 Å². The van der Waals surface area contributed by atoms with Crippen LogP contribution in [0.5, 0.6) is 5.75 Å². The van der Waals surface area contributed by atoms with Gasteiger partial charge in [-0.05, 0) is 43.5 Å². The average Bonchev–Trinajstić information content (AvgIpc) is 2.99. The summed E-state index contributed by atoms with van der Waals surface area (Å²) in [5.74, 6) is 0.850. The summed E-state index contributed by atoms with van der Waals surface area (Å²) in [6.45, 7) is 7.92. The van der Waals surface area contributed by atoms with E-state index in [1.54, 1.807) is 16.2 Å². The molecule has 0 N–H and O–H groups in total. The van der Waals surface area contributed by atoms with Gasteiger partial charge >= 0.3 is 0 Å². The molecule has 2 aromatic rings. The Labute approximate surface area is 153 Å². The van der Waals surface area contributed by atoms with Crippen molar-refractivity contribution in [3.63, 3.8) is 0 Å². The van der Waals surface area contributed by atoms with Crippen LogP contribution in [-0.4, -0.2) is 36.1 Å². The SMILES string of the molecule is CCCN(Cc1csc(COc2cc(C)cc(C)c2)n1)C(=O)COC. The van der Waals surface area contributed by atoms with Gasteiger partial charge in [0.25, 0.3) is 0 Å². The first-order chi connectivity index (χ1) is 12.0. The number of carbonyl (C=O) groups is 1. The number of nitrogens with zero attached hydrogens (tertiary/aromatic N) is 2. The van der Waals surface area contributed by atoms with E-state index in [-0.39, 0.29) is 12.5 Å². The molecule has 136 valence electrons. The van der Waals surface area contributed by atoms with E-state index in [4.69, 9.17) is 9.47 Å². The summed E-state index contributed by atoms with van der Waals surface area (Å²) < 4.78 is 10.8. The van der Waals surface area contributed by atoms with E-state index in [0.717, 1.165) is 22.9 Å². The highest BCUT2D eigenvalue weighted by Gasteiger charge is 2.14. The number of rotatable bonds is 9. The summed E-state index contributed by atoms with van der Waals surface area (Å²) in [4.78, 5) is 18.4. The Hall–Kier alpha value is -1.92. The normalized spacial score (nSPS) is 10.7. The van der Waals surface area contributed by atoms with Crippen LogP contribution in [0.2, 0.25) is 0 Å². The molecule has 0 saturated carbocycles. The van der Waals surface area contributed by atoms with Crippen molar-refractivity contribution in [3.8, 4) is 5.75 Å². The minimum Gasteiger partial charge on any atom is -0.486 e. The van der Waals surface area contributed by atoms with Crippen molar-refractivity contribution in [2.75, 3.05) is 20.3 Å². The topological polar surface area (TPSA) is 51.7 Å². The average molecular weight is 362 g/mol. The molecule has 0 aliphatic rings. The quantitative estimate of drug-likeness (QED) is 0.682. The molecule has 0 aliphatic heterocycles. The van der Waals surface area contributed by atoms with Gasteiger partial charge in [0.2, 0.25) is 5.91 Å². The van der Waals surface area contributed by atoms with E-state index in [9.17, 15) is 4.79 Å². The van der Waals surface area contributed by atoms with Crippen molar-refractivity contribution >= 4 is 17.2 Å². The van der Waals surface area contributed by atoms with Crippen molar-refractivity contribution < 1.29 is 14.3 Å². The lowest BCUT2D eigenvalue weighted by atomic mass is 10.1. The van der Waals surface area contributed by atoms with Gasteiger partial charge in [0.05, 0.1) is 12.2 Å². The number of ether oxygens (including phenoxy) is 2. The second-order valence-corrected chi connectivity index (χ2v) is 7.04. The lowest BCUT2D eigenvalue weighted by molar-refractivity contribution is -0.135. The fourth-order valence-electron chi connectivity index (χ4n) is 2.62. The predicted octanol–water partition coefficient (Wildman–Crippen LogP) is 3.72. The Morgan fingerprint density at radius 3 is 2.60 bits per heavy atom. The van der Waals surface area contributed by atoms with E-state index in [0.29, 0.717) is 19.7 Å². The van der Waals surface area contributed by atoms with E-state index < -0.39 is 0 Å². The zero-order valence-electron chi connectivity index (χ0n) is 15.4. The monoisotopic (exact) mass is 362 g/mol. The molecule has 0 unspecified atom stereocenters. The van der Waals surface area contributed by atoms with Crippen LogP contribution in [0.15, 0.2) is 23.6 Å². The molecule has 1 aromatic heterocycles. The highest BCUT2D eigenvalue weighted by molar-refractivity contribution is 7.09. The Balaban J connectivity index is 1.95. The molecule has 0 atom stereocenters. The highest BCUT2D eigenvalue weighted by atomic mass is 32.1. The molecule has 0 spiro atoms.